The van der Waals surface area contributed by atoms with Crippen LogP contribution in [0.4, 0.5) is 0 Å². The van der Waals surface area contributed by atoms with Gasteiger partial charge in [0.1, 0.15) is 0 Å². The van der Waals surface area contributed by atoms with Crippen molar-refractivity contribution in [1.82, 2.24) is 10.2 Å². The van der Waals surface area contributed by atoms with Crippen molar-refractivity contribution in [3.8, 4) is 0 Å². The number of hydrogen-bond donors (Lipinski definition) is 1. The lowest BCUT2D eigenvalue weighted by Crippen LogP contribution is -2.45. The normalized spacial score (nSPS) is 28.9. The Bertz CT molecular complexity index is 206. The fourth-order valence-electron chi connectivity index (χ4n) is 2.32. The molecule has 2 fully saturated rings. The van der Waals surface area contributed by atoms with E-state index in [0.29, 0.717) is 6.10 Å². The monoisotopic (exact) mass is 210 g/mol. The van der Waals surface area contributed by atoms with Crippen molar-refractivity contribution in [2.45, 2.75) is 25.4 Å². The summed E-state index contributed by atoms with van der Waals surface area (Å²) in [6.07, 6.45) is 4.02. The second kappa shape index (κ2) is 5.64. The maximum absolute atomic E-state index is 5.74. The fourth-order valence-corrected chi connectivity index (χ4v) is 2.32. The molecule has 3 nitrogen and oxygen atoms in total. The van der Waals surface area contributed by atoms with Crippen molar-refractivity contribution in [1.29, 1.82) is 0 Å². The summed E-state index contributed by atoms with van der Waals surface area (Å²) < 4.78 is 5.74. The van der Waals surface area contributed by atoms with E-state index in [0.717, 1.165) is 39.3 Å². The van der Waals surface area contributed by atoms with E-state index in [9.17, 15) is 0 Å². The highest BCUT2D eigenvalue weighted by Gasteiger charge is 2.19. The minimum atomic E-state index is 0.327. The molecule has 0 amide bonds. The first-order chi connectivity index (χ1) is 7.36. The fraction of sp³-hybridized carbons (Fsp3) is 0.833. The number of piperazine rings is 1. The number of hydrogen-bond acceptors (Lipinski definition) is 3. The highest BCUT2D eigenvalue weighted by molar-refractivity contribution is 5.06. The van der Waals surface area contributed by atoms with E-state index in [4.69, 9.17) is 4.74 Å². The van der Waals surface area contributed by atoms with Gasteiger partial charge in [0.2, 0.25) is 0 Å². The van der Waals surface area contributed by atoms with Gasteiger partial charge in [0.05, 0.1) is 6.10 Å². The van der Waals surface area contributed by atoms with Gasteiger partial charge in [-0.15, -0.1) is 0 Å². The molecule has 15 heavy (non-hydrogen) atoms. The van der Waals surface area contributed by atoms with Crippen molar-refractivity contribution in [2.75, 3.05) is 39.3 Å². The molecule has 0 radical (unpaired) electrons. The molecule has 1 N–H and O–H groups in total. The molecule has 0 aromatic rings. The lowest BCUT2D eigenvalue weighted by molar-refractivity contribution is 0.0347. The van der Waals surface area contributed by atoms with E-state index in [1.54, 1.807) is 0 Å². The van der Waals surface area contributed by atoms with Crippen molar-refractivity contribution < 1.29 is 4.74 Å². The molecule has 0 aromatic heterocycles. The van der Waals surface area contributed by atoms with E-state index in [2.05, 4.69) is 16.8 Å². The van der Waals surface area contributed by atoms with Gasteiger partial charge in [0.15, 0.2) is 0 Å². The van der Waals surface area contributed by atoms with Crippen LogP contribution in [0.15, 0.2) is 12.2 Å². The third kappa shape index (κ3) is 3.30. The van der Waals surface area contributed by atoms with Gasteiger partial charge in [-0.05, 0) is 24.8 Å². The number of ether oxygens (including phenoxy) is 1. The average Bonchev–Trinajstić information content (AvgIpc) is 2.31. The Morgan fingerprint density at radius 3 is 2.80 bits per heavy atom. The average molecular weight is 210 g/mol. The third-order valence-corrected chi connectivity index (χ3v) is 3.27. The van der Waals surface area contributed by atoms with Crippen molar-refractivity contribution in [3.63, 3.8) is 0 Å². The summed E-state index contributed by atoms with van der Waals surface area (Å²) in [6.45, 7) is 10.6. The van der Waals surface area contributed by atoms with Gasteiger partial charge in [-0.2, -0.15) is 0 Å². The molecule has 0 aliphatic carbocycles. The van der Waals surface area contributed by atoms with Gasteiger partial charge < -0.3 is 10.1 Å². The molecule has 1 atom stereocenters. The molecule has 2 aliphatic rings. The van der Waals surface area contributed by atoms with Gasteiger partial charge in [0.25, 0.3) is 0 Å². The van der Waals surface area contributed by atoms with Gasteiger partial charge in [0, 0.05) is 39.3 Å². The van der Waals surface area contributed by atoms with Crippen molar-refractivity contribution in [2.24, 2.45) is 0 Å². The Balaban J connectivity index is 1.74. The molecular formula is C12H22N2O. The smallest absolute Gasteiger partial charge is 0.0794 e. The van der Waals surface area contributed by atoms with E-state index in [1.165, 1.54) is 24.8 Å². The van der Waals surface area contributed by atoms with Gasteiger partial charge >= 0.3 is 0 Å². The molecule has 1 unspecified atom stereocenters. The van der Waals surface area contributed by atoms with Crippen LogP contribution in [0, 0.1) is 0 Å². The third-order valence-electron chi connectivity index (χ3n) is 3.27. The molecule has 3 heteroatoms. The van der Waals surface area contributed by atoms with Crippen LogP contribution in [0.2, 0.25) is 0 Å². The molecule has 2 rings (SSSR count). The Kier molecular flexibility index (Phi) is 4.18. The SMILES string of the molecule is C=C(CN1CCNCC1)C1CCCCO1. The Morgan fingerprint density at radius 1 is 1.33 bits per heavy atom. The first kappa shape index (κ1) is 11.1. The van der Waals surface area contributed by atoms with Gasteiger partial charge in [-0.3, -0.25) is 4.90 Å². The van der Waals surface area contributed by atoms with Crippen LogP contribution >= 0.6 is 0 Å². The molecule has 2 saturated heterocycles. The summed E-state index contributed by atoms with van der Waals surface area (Å²) >= 11 is 0. The summed E-state index contributed by atoms with van der Waals surface area (Å²) in [6, 6.07) is 0. The van der Waals surface area contributed by atoms with E-state index in [-0.39, 0.29) is 0 Å². The number of rotatable bonds is 3. The number of nitrogens with zero attached hydrogens (tertiary/aromatic N) is 1. The minimum Gasteiger partial charge on any atom is -0.374 e. The maximum atomic E-state index is 5.74. The quantitative estimate of drug-likeness (QED) is 0.704. The first-order valence-corrected chi connectivity index (χ1v) is 6.08. The van der Waals surface area contributed by atoms with Crippen molar-refractivity contribution >= 4 is 0 Å². The van der Waals surface area contributed by atoms with Crippen LogP contribution in [-0.2, 0) is 4.74 Å². The Morgan fingerprint density at radius 2 is 2.13 bits per heavy atom. The predicted octanol–water partition coefficient (Wildman–Crippen LogP) is 1.02. The zero-order valence-corrected chi connectivity index (χ0v) is 9.50. The van der Waals surface area contributed by atoms with Crippen molar-refractivity contribution in [3.05, 3.63) is 12.2 Å². The van der Waals surface area contributed by atoms with Crippen LogP contribution < -0.4 is 5.32 Å². The largest absolute Gasteiger partial charge is 0.374 e. The first-order valence-electron chi connectivity index (χ1n) is 6.08. The Labute approximate surface area is 92.5 Å². The van der Waals surface area contributed by atoms with Crippen LogP contribution in [0.1, 0.15) is 19.3 Å². The summed E-state index contributed by atoms with van der Waals surface area (Å²) in [5, 5.41) is 3.36. The Hall–Kier alpha value is -0.380. The van der Waals surface area contributed by atoms with E-state index < -0.39 is 0 Å². The standard InChI is InChI=1S/C12H22N2O/c1-11(12-4-2-3-9-15-12)10-14-7-5-13-6-8-14/h12-13H,1-10H2. The molecule has 2 heterocycles. The topological polar surface area (TPSA) is 24.5 Å². The molecule has 0 saturated carbocycles. The lowest BCUT2D eigenvalue weighted by atomic mass is 10.0. The molecule has 86 valence electrons. The summed E-state index contributed by atoms with van der Waals surface area (Å²) in [4.78, 5) is 2.47. The second-order valence-electron chi connectivity index (χ2n) is 4.54. The van der Waals surface area contributed by atoms with E-state index >= 15 is 0 Å². The molecule has 0 spiro atoms. The predicted molar refractivity (Wildman–Crippen MR) is 62.0 cm³/mol. The zero-order valence-electron chi connectivity index (χ0n) is 9.50. The highest BCUT2D eigenvalue weighted by atomic mass is 16.5. The lowest BCUT2D eigenvalue weighted by Gasteiger charge is -2.31. The summed E-state index contributed by atoms with van der Waals surface area (Å²) in [5.74, 6) is 0. The molecule has 0 aromatic carbocycles. The van der Waals surface area contributed by atoms with Gasteiger partial charge in [-0.25, -0.2) is 0 Å². The van der Waals surface area contributed by atoms with Crippen LogP contribution in [0.3, 0.4) is 0 Å². The molecule has 0 bridgehead atoms. The zero-order chi connectivity index (χ0) is 10.5. The maximum Gasteiger partial charge on any atom is 0.0794 e. The molecule has 2 aliphatic heterocycles. The van der Waals surface area contributed by atoms with E-state index in [1.807, 2.05) is 0 Å². The molecular weight excluding hydrogens is 188 g/mol. The second-order valence-corrected chi connectivity index (χ2v) is 4.54. The van der Waals surface area contributed by atoms with Crippen LogP contribution in [0.25, 0.3) is 0 Å². The van der Waals surface area contributed by atoms with Crippen LogP contribution in [-0.4, -0.2) is 50.3 Å². The summed E-state index contributed by atoms with van der Waals surface area (Å²) in [7, 11) is 0. The summed E-state index contributed by atoms with van der Waals surface area (Å²) in [5.41, 5.74) is 1.27. The highest BCUT2D eigenvalue weighted by Crippen LogP contribution is 2.19. The minimum absolute atomic E-state index is 0.327. The number of nitrogens with one attached hydrogen (secondary N) is 1. The van der Waals surface area contributed by atoms with Crippen LogP contribution in [0.5, 0.6) is 0 Å². The van der Waals surface area contributed by atoms with Gasteiger partial charge in [-0.1, -0.05) is 6.58 Å².